The van der Waals surface area contributed by atoms with E-state index in [1.807, 2.05) is 13.0 Å². The molecule has 2 unspecified atom stereocenters. The van der Waals surface area contributed by atoms with Crippen LogP contribution in [-0.4, -0.2) is 25.4 Å². The van der Waals surface area contributed by atoms with Gasteiger partial charge in [0.1, 0.15) is 17.1 Å². The van der Waals surface area contributed by atoms with Crippen molar-refractivity contribution in [2.45, 2.75) is 125 Å². The number of benzene rings is 1. The van der Waals surface area contributed by atoms with E-state index in [2.05, 4.69) is 41.5 Å². The molecule has 0 saturated heterocycles. The summed E-state index contributed by atoms with van der Waals surface area (Å²) in [5, 5.41) is 10.1. The average molecular weight is 515 g/mol. The Balaban J connectivity index is 0.00000111. The smallest absolute Gasteiger partial charge is 0.466 e. The van der Waals surface area contributed by atoms with Crippen molar-refractivity contribution < 1.29 is 29.1 Å². The van der Waals surface area contributed by atoms with Gasteiger partial charge in [0.25, 0.3) is 0 Å². The highest BCUT2D eigenvalue weighted by Crippen LogP contribution is 2.42. The molecule has 0 bridgehead atoms. The van der Waals surface area contributed by atoms with E-state index in [9.17, 15) is 5.11 Å². The molecule has 1 aromatic rings. The SMILES string of the molecule is Cc1cc(O)c(C)c2c1O[C@](C)(CCCC(C)CCCC(C)CCCC(C)C)CC2.O=P(O)(O)O. The lowest BCUT2D eigenvalue weighted by Gasteiger charge is -2.37. The number of ether oxygens (including phenoxy) is 1. The maximum Gasteiger partial charge on any atom is 0.466 e. The minimum atomic E-state index is -4.64. The summed E-state index contributed by atoms with van der Waals surface area (Å²) < 4.78 is 15.4. The second-order valence-electron chi connectivity index (χ2n) is 11.6. The molecule has 2 rings (SSSR count). The van der Waals surface area contributed by atoms with Crippen LogP contribution in [0.1, 0.15) is 116 Å². The third-order valence-electron chi connectivity index (χ3n) is 7.35. The van der Waals surface area contributed by atoms with E-state index in [1.165, 1.54) is 56.9 Å². The minimum Gasteiger partial charge on any atom is -0.508 e. The van der Waals surface area contributed by atoms with Crippen LogP contribution in [0.25, 0.3) is 0 Å². The van der Waals surface area contributed by atoms with Crippen molar-refractivity contribution in [3.8, 4) is 11.5 Å². The van der Waals surface area contributed by atoms with Crippen LogP contribution in [-0.2, 0) is 11.0 Å². The van der Waals surface area contributed by atoms with Gasteiger partial charge in [0, 0.05) is 5.56 Å². The number of fused-ring (bicyclic) bond motifs is 1. The van der Waals surface area contributed by atoms with E-state index < -0.39 is 7.82 Å². The molecular formula is C28H51O6P. The number of aryl methyl sites for hydroxylation is 1. The van der Waals surface area contributed by atoms with Crippen molar-refractivity contribution >= 4 is 7.82 Å². The van der Waals surface area contributed by atoms with Crippen LogP contribution in [0.4, 0.5) is 0 Å². The summed E-state index contributed by atoms with van der Waals surface area (Å²) in [6, 6.07) is 1.85. The molecule has 0 fully saturated rings. The number of phenolic OH excluding ortho intramolecular Hbond substituents is 1. The highest BCUT2D eigenvalue weighted by molar-refractivity contribution is 7.45. The molecule has 0 aromatic heterocycles. The largest absolute Gasteiger partial charge is 0.508 e. The van der Waals surface area contributed by atoms with Gasteiger partial charge in [0.2, 0.25) is 0 Å². The molecular weight excluding hydrogens is 463 g/mol. The number of phenols is 1. The first-order chi connectivity index (χ1) is 16.1. The Morgan fingerprint density at radius 3 is 1.94 bits per heavy atom. The predicted octanol–water partition coefficient (Wildman–Crippen LogP) is 7.60. The van der Waals surface area contributed by atoms with Crippen LogP contribution < -0.4 is 4.74 Å². The zero-order valence-electron chi connectivity index (χ0n) is 23.1. The Kier molecular flexibility index (Phi) is 13.3. The van der Waals surface area contributed by atoms with Gasteiger partial charge in [0.15, 0.2) is 0 Å². The van der Waals surface area contributed by atoms with Gasteiger partial charge in [-0.1, -0.05) is 72.6 Å². The molecule has 0 amide bonds. The fourth-order valence-electron chi connectivity index (χ4n) is 5.05. The van der Waals surface area contributed by atoms with E-state index in [0.29, 0.717) is 5.75 Å². The molecule has 204 valence electrons. The van der Waals surface area contributed by atoms with E-state index in [-0.39, 0.29) is 5.60 Å². The van der Waals surface area contributed by atoms with Gasteiger partial charge in [-0.25, -0.2) is 4.57 Å². The molecule has 1 aliphatic heterocycles. The molecule has 7 heteroatoms. The summed E-state index contributed by atoms with van der Waals surface area (Å²) in [4.78, 5) is 21.6. The predicted molar refractivity (Wildman–Crippen MR) is 144 cm³/mol. The van der Waals surface area contributed by atoms with Gasteiger partial charge in [-0.15, -0.1) is 0 Å². The van der Waals surface area contributed by atoms with Crippen LogP contribution in [0.3, 0.4) is 0 Å². The molecule has 6 nitrogen and oxygen atoms in total. The molecule has 4 N–H and O–H groups in total. The summed E-state index contributed by atoms with van der Waals surface area (Å²) in [7, 11) is -4.64. The van der Waals surface area contributed by atoms with E-state index in [0.717, 1.165) is 53.9 Å². The second-order valence-corrected chi connectivity index (χ2v) is 12.6. The number of rotatable bonds is 12. The molecule has 0 aliphatic carbocycles. The lowest BCUT2D eigenvalue weighted by atomic mass is 9.84. The van der Waals surface area contributed by atoms with Crippen LogP contribution in [0.2, 0.25) is 0 Å². The summed E-state index contributed by atoms with van der Waals surface area (Å²) in [6.07, 6.45) is 14.1. The van der Waals surface area contributed by atoms with Gasteiger partial charge < -0.3 is 24.5 Å². The Morgan fingerprint density at radius 2 is 1.43 bits per heavy atom. The normalized spacial score (nSPS) is 19.4. The molecule has 3 atom stereocenters. The summed E-state index contributed by atoms with van der Waals surface area (Å²) in [6.45, 7) is 15.9. The van der Waals surface area contributed by atoms with Crippen molar-refractivity contribution in [1.82, 2.24) is 0 Å². The Bertz CT molecular complexity index is 810. The third kappa shape index (κ3) is 13.2. The van der Waals surface area contributed by atoms with Crippen molar-refractivity contribution in [1.29, 1.82) is 0 Å². The fraction of sp³-hybridized carbons (Fsp3) is 0.786. The van der Waals surface area contributed by atoms with Crippen LogP contribution >= 0.6 is 7.82 Å². The van der Waals surface area contributed by atoms with Crippen molar-refractivity contribution in [3.63, 3.8) is 0 Å². The maximum absolute atomic E-state index is 10.1. The van der Waals surface area contributed by atoms with Gasteiger partial charge in [-0.2, -0.15) is 0 Å². The molecule has 1 aliphatic rings. The molecule has 0 saturated carbocycles. The summed E-state index contributed by atoms with van der Waals surface area (Å²) >= 11 is 0. The second kappa shape index (κ2) is 14.6. The highest BCUT2D eigenvalue weighted by Gasteiger charge is 2.33. The Hall–Kier alpha value is -1.07. The zero-order chi connectivity index (χ0) is 26.8. The number of hydrogen-bond acceptors (Lipinski definition) is 3. The quantitative estimate of drug-likeness (QED) is 0.214. The molecule has 35 heavy (non-hydrogen) atoms. The van der Waals surface area contributed by atoms with Crippen LogP contribution in [0.5, 0.6) is 11.5 Å². The molecule has 0 radical (unpaired) electrons. The van der Waals surface area contributed by atoms with Crippen LogP contribution in [0.15, 0.2) is 6.07 Å². The first-order valence-corrected chi connectivity index (χ1v) is 15.0. The summed E-state index contributed by atoms with van der Waals surface area (Å²) in [5.74, 6) is 3.98. The standard InChI is InChI=1S/C28H48O2.H3O4P/c1-20(2)11-8-12-21(3)13-9-14-22(4)15-10-17-28(7)18-16-25-24(6)26(29)19-23(5)27(25)30-28;1-5(2,3)4/h19-22,29H,8-18H2,1-7H3;(H3,1,2,3,4)/t21?,22?,28-;/m1./s1. The van der Waals surface area contributed by atoms with E-state index in [1.54, 1.807) is 0 Å². The number of hydrogen-bond donors (Lipinski definition) is 4. The maximum atomic E-state index is 10.1. The Morgan fingerprint density at radius 1 is 0.943 bits per heavy atom. The molecule has 1 heterocycles. The van der Waals surface area contributed by atoms with E-state index >= 15 is 0 Å². The zero-order valence-corrected chi connectivity index (χ0v) is 24.0. The van der Waals surface area contributed by atoms with E-state index in [4.69, 9.17) is 24.0 Å². The number of phosphoric acid groups is 1. The van der Waals surface area contributed by atoms with Gasteiger partial charge in [-0.05, 0) is 81.4 Å². The Labute approximate surface area is 213 Å². The van der Waals surface area contributed by atoms with Crippen LogP contribution in [0, 0.1) is 31.6 Å². The van der Waals surface area contributed by atoms with Crippen molar-refractivity contribution in [2.24, 2.45) is 17.8 Å². The fourth-order valence-corrected chi connectivity index (χ4v) is 5.05. The monoisotopic (exact) mass is 514 g/mol. The molecule has 0 spiro atoms. The highest BCUT2D eigenvalue weighted by atomic mass is 31.2. The van der Waals surface area contributed by atoms with Crippen molar-refractivity contribution in [2.75, 3.05) is 0 Å². The molecule has 1 aromatic carbocycles. The summed E-state index contributed by atoms with van der Waals surface area (Å²) in [5.41, 5.74) is 3.20. The first kappa shape index (κ1) is 32.0. The first-order valence-electron chi connectivity index (χ1n) is 13.4. The average Bonchev–Trinajstić information content (AvgIpc) is 2.70. The van der Waals surface area contributed by atoms with Gasteiger partial charge in [0.05, 0.1) is 0 Å². The lowest BCUT2D eigenvalue weighted by molar-refractivity contribution is 0.0512. The third-order valence-corrected chi connectivity index (χ3v) is 7.35. The minimum absolute atomic E-state index is 0.0637. The lowest BCUT2D eigenvalue weighted by Crippen LogP contribution is -2.37. The van der Waals surface area contributed by atoms with Gasteiger partial charge in [-0.3, -0.25) is 0 Å². The number of aromatic hydroxyl groups is 1. The van der Waals surface area contributed by atoms with Crippen molar-refractivity contribution in [3.05, 3.63) is 22.8 Å². The topological polar surface area (TPSA) is 107 Å². The van der Waals surface area contributed by atoms with Gasteiger partial charge >= 0.3 is 7.82 Å².